The molecule has 0 fully saturated rings. The highest BCUT2D eigenvalue weighted by Gasteiger charge is 2.15. The zero-order valence-electron chi connectivity index (χ0n) is 12.6. The van der Waals surface area contributed by atoms with Crippen molar-refractivity contribution in [1.82, 2.24) is 5.32 Å². The Morgan fingerprint density at radius 3 is 2.57 bits per heavy atom. The SMILES string of the molecule is Cc1cc(NC(=O)CNC(=O)[C@@H](N)CC(C)C)ccc1Br. The Morgan fingerprint density at radius 2 is 2.00 bits per heavy atom. The maximum atomic E-state index is 11.8. The second-order valence-electron chi connectivity index (χ2n) is 5.47. The van der Waals surface area contributed by atoms with Crippen LogP contribution in [0.2, 0.25) is 0 Å². The van der Waals surface area contributed by atoms with Gasteiger partial charge in [0.2, 0.25) is 11.8 Å². The lowest BCUT2D eigenvalue weighted by Gasteiger charge is -2.14. The van der Waals surface area contributed by atoms with Crippen LogP contribution in [0.4, 0.5) is 5.69 Å². The van der Waals surface area contributed by atoms with Crippen LogP contribution in [0.15, 0.2) is 22.7 Å². The minimum absolute atomic E-state index is 0.0836. The van der Waals surface area contributed by atoms with E-state index >= 15 is 0 Å². The highest BCUT2D eigenvalue weighted by Crippen LogP contribution is 2.19. The van der Waals surface area contributed by atoms with Crippen molar-refractivity contribution in [2.75, 3.05) is 11.9 Å². The first-order chi connectivity index (χ1) is 9.79. The number of hydrogen-bond acceptors (Lipinski definition) is 3. The summed E-state index contributed by atoms with van der Waals surface area (Å²) in [5, 5.41) is 5.28. The molecule has 1 aromatic carbocycles. The minimum atomic E-state index is -0.576. The summed E-state index contributed by atoms with van der Waals surface area (Å²) < 4.78 is 0.980. The molecule has 6 heteroatoms. The van der Waals surface area contributed by atoms with Crippen LogP contribution in [0.5, 0.6) is 0 Å². The van der Waals surface area contributed by atoms with Crippen molar-refractivity contribution < 1.29 is 9.59 Å². The van der Waals surface area contributed by atoms with Crippen molar-refractivity contribution in [2.24, 2.45) is 11.7 Å². The Morgan fingerprint density at radius 1 is 1.33 bits per heavy atom. The molecule has 0 aliphatic heterocycles. The fraction of sp³-hybridized carbons (Fsp3) is 0.467. The van der Waals surface area contributed by atoms with Crippen molar-refractivity contribution in [3.8, 4) is 0 Å². The Bertz CT molecular complexity index is 518. The highest BCUT2D eigenvalue weighted by atomic mass is 79.9. The molecule has 1 aromatic rings. The zero-order valence-corrected chi connectivity index (χ0v) is 14.2. The molecule has 1 rings (SSSR count). The van der Waals surface area contributed by atoms with Gasteiger partial charge in [0, 0.05) is 10.2 Å². The molecule has 21 heavy (non-hydrogen) atoms. The van der Waals surface area contributed by atoms with E-state index in [1.54, 1.807) is 6.07 Å². The van der Waals surface area contributed by atoms with Crippen molar-refractivity contribution >= 4 is 33.4 Å². The van der Waals surface area contributed by atoms with Gasteiger partial charge in [0.1, 0.15) is 0 Å². The van der Waals surface area contributed by atoms with E-state index in [0.717, 1.165) is 10.0 Å². The normalized spacial score (nSPS) is 12.1. The number of carbonyl (C=O) groups is 2. The van der Waals surface area contributed by atoms with Gasteiger partial charge in [0.15, 0.2) is 0 Å². The van der Waals surface area contributed by atoms with Gasteiger partial charge >= 0.3 is 0 Å². The molecule has 0 unspecified atom stereocenters. The van der Waals surface area contributed by atoms with Gasteiger partial charge in [-0.2, -0.15) is 0 Å². The van der Waals surface area contributed by atoms with Gasteiger partial charge in [-0.25, -0.2) is 0 Å². The monoisotopic (exact) mass is 355 g/mol. The zero-order chi connectivity index (χ0) is 16.0. The summed E-state index contributed by atoms with van der Waals surface area (Å²) in [7, 11) is 0. The predicted molar refractivity (Wildman–Crippen MR) is 87.9 cm³/mol. The Kier molecular flexibility index (Phi) is 6.84. The van der Waals surface area contributed by atoms with Gasteiger partial charge in [-0.1, -0.05) is 29.8 Å². The average molecular weight is 356 g/mol. The summed E-state index contributed by atoms with van der Waals surface area (Å²) in [6.45, 7) is 5.84. The Hall–Kier alpha value is -1.40. The molecule has 0 saturated carbocycles. The third kappa shape index (κ3) is 6.27. The number of nitrogens with two attached hydrogens (primary N) is 1. The lowest BCUT2D eigenvalue weighted by Crippen LogP contribution is -2.44. The third-order valence-electron chi connectivity index (χ3n) is 2.93. The average Bonchev–Trinajstić information content (AvgIpc) is 2.39. The van der Waals surface area contributed by atoms with Gasteiger partial charge in [0.25, 0.3) is 0 Å². The lowest BCUT2D eigenvalue weighted by molar-refractivity contribution is -0.125. The van der Waals surface area contributed by atoms with E-state index in [9.17, 15) is 9.59 Å². The second kappa shape index (κ2) is 8.14. The van der Waals surface area contributed by atoms with E-state index < -0.39 is 6.04 Å². The van der Waals surface area contributed by atoms with Crippen molar-refractivity contribution in [1.29, 1.82) is 0 Å². The van der Waals surface area contributed by atoms with Crippen LogP contribution >= 0.6 is 15.9 Å². The molecule has 0 bridgehead atoms. The molecule has 4 N–H and O–H groups in total. The minimum Gasteiger partial charge on any atom is -0.346 e. The number of carbonyl (C=O) groups excluding carboxylic acids is 2. The van der Waals surface area contributed by atoms with Gasteiger partial charge in [-0.3, -0.25) is 9.59 Å². The molecule has 5 nitrogen and oxygen atoms in total. The fourth-order valence-electron chi connectivity index (χ4n) is 1.84. The lowest BCUT2D eigenvalue weighted by atomic mass is 10.0. The molecule has 0 radical (unpaired) electrons. The third-order valence-corrected chi connectivity index (χ3v) is 3.82. The highest BCUT2D eigenvalue weighted by molar-refractivity contribution is 9.10. The standard InChI is InChI=1S/C15H22BrN3O2/c1-9(2)6-13(17)15(21)18-8-14(20)19-11-4-5-12(16)10(3)7-11/h4-5,7,9,13H,6,8,17H2,1-3H3,(H,18,21)(H,19,20)/t13-/m0/s1. The van der Waals surface area contributed by atoms with Gasteiger partial charge < -0.3 is 16.4 Å². The van der Waals surface area contributed by atoms with Crippen LogP contribution in [0.25, 0.3) is 0 Å². The smallest absolute Gasteiger partial charge is 0.243 e. The van der Waals surface area contributed by atoms with Crippen LogP contribution < -0.4 is 16.4 Å². The van der Waals surface area contributed by atoms with Crippen LogP contribution in [-0.4, -0.2) is 24.4 Å². The van der Waals surface area contributed by atoms with Gasteiger partial charge in [-0.05, 0) is 43.0 Å². The number of halogens is 1. The van der Waals surface area contributed by atoms with Gasteiger partial charge in [0.05, 0.1) is 12.6 Å². The molecule has 0 saturated heterocycles. The van der Waals surface area contributed by atoms with E-state index in [1.165, 1.54) is 0 Å². The molecule has 116 valence electrons. The van der Waals surface area contributed by atoms with Crippen molar-refractivity contribution in [2.45, 2.75) is 33.2 Å². The predicted octanol–water partition coefficient (Wildman–Crippen LogP) is 2.19. The number of rotatable bonds is 6. The molecule has 0 aromatic heterocycles. The summed E-state index contributed by atoms with van der Waals surface area (Å²) in [5.41, 5.74) is 7.46. The summed E-state index contributed by atoms with van der Waals surface area (Å²) in [6, 6.07) is 4.94. The first-order valence-corrected chi connectivity index (χ1v) is 7.68. The van der Waals surface area contributed by atoms with E-state index in [0.29, 0.717) is 18.0 Å². The number of nitrogens with one attached hydrogen (secondary N) is 2. The number of amides is 2. The van der Waals surface area contributed by atoms with Crippen LogP contribution in [-0.2, 0) is 9.59 Å². The van der Waals surface area contributed by atoms with E-state index in [1.807, 2.05) is 32.9 Å². The van der Waals surface area contributed by atoms with E-state index in [-0.39, 0.29) is 18.4 Å². The largest absolute Gasteiger partial charge is 0.346 e. The molecule has 1 atom stereocenters. The number of hydrogen-bond donors (Lipinski definition) is 3. The summed E-state index contributed by atoms with van der Waals surface area (Å²) >= 11 is 3.40. The number of aryl methyl sites for hydroxylation is 1. The molecule has 0 heterocycles. The summed E-state index contributed by atoms with van der Waals surface area (Å²) in [5.74, 6) is -0.238. The van der Waals surface area contributed by atoms with Crippen molar-refractivity contribution in [3.05, 3.63) is 28.2 Å². The topological polar surface area (TPSA) is 84.2 Å². The first kappa shape index (κ1) is 17.7. The molecule has 0 aliphatic carbocycles. The Labute approximate surface area is 133 Å². The Balaban J connectivity index is 2.43. The first-order valence-electron chi connectivity index (χ1n) is 6.89. The number of benzene rings is 1. The van der Waals surface area contributed by atoms with Crippen LogP contribution in [0.1, 0.15) is 25.8 Å². The quantitative estimate of drug-likeness (QED) is 0.731. The van der Waals surface area contributed by atoms with Crippen molar-refractivity contribution in [3.63, 3.8) is 0 Å². The van der Waals surface area contributed by atoms with E-state index in [2.05, 4.69) is 26.6 Å². The number of anilines is 1. The maximum Gasteiger partial charge on any atom is 0.243 e. The molecule has 0 spiro atoms. The summed E-state index contributed by atoms with van der Waals surface area (Å²) in [6.07, 6.45) is 0.597. The van der Waals surface area contributed by atoms with Crippen LogP contribution in [0.3, 0.4) is 0 Å². The van der Waals surface area contributed by atoms with Gasteiger partial charge in [-0.15, -0.1) is 0 Å². The fourth-order valence-corrected chi connectivity index (χ4v) is 2.09. The maximum absolute atomic E-state index is 11.8. The van der Waals surface area contributed by atoms with E-state index in [4.69, 9.17) is 5.73 Å². The van der Waals surface area contributed by atoms with Crippen LogP contribution in [0, 0.1) is 12.8 Å². The second-order valence-corrected chi connectivity index (χ2v) is 6.32. The summed E-state index contributed by atoms with van der Waals surface area (Å²) in [4.78, 5) is 23.5. The molecular formula is C15H22BrN3O2. The molecule has 0 aliphatic rings. The molecule has 2 amide bonds. The molecular weight excluding hydrogens is 334 g/mol.